The van der Waals surface area contributed by atoms with Gasteiger partial charge in [-0.15, -0.1) is 0 Å². The third-order valence-corrected chi connectivity index (χ3v) is 5.73. The second kappa shape index (κ2) is 5.34. The van der Waals surface area contributed by atoms with E-state index < -0.39 is 11.5 Å². The van der Waals surface area contributed by atoms with Crippen LogP contribution in [0.25, 0.3) is 0 Å². The van der Waals surface area contributed by atoms with Crippen LogP contribution in [0.2, 0.25) is 0 Å². The number of rotatable bonds is 6. The summed E-state index contributed by atoms with van der Waals surface area (Å²) in [6.07, 6.45) is 14.0. The van der Waals surface area contributed by atoms with E-state index in [9.17, 15) is 14.7 Å². The molecule has 1 heterocycles. The number of nitrogens with one attached hydrogen (secondary N) is 2. The molecule has 23 heavy (non-hydrogen) atoms. The van der Waals surface area contributed by atoms with Gasteiger partial charge in [0.25, 0.3) is 0 Å². The van der Waals surface area contributed by atoms with E-state index in [2.05, 4.69) is 28.9 Å². The topological polar surface area (TPSA) is 78.4 Å². The molecule has 5 heteroatoms. The largest absolute Gasteiger partial charge is 0.480 e. The van der Waals surface area contributed by atoms with Gasteiger partial charge in [-0.2, -0.15) is 0 Å². The predicted octanol–water partition coefficient (Wildman–Crippen LogP) is 1.38. The number of allylic oxidation sites excluding steroid dienone is 4. The molecule has 5 atom stereocenters. The zero-order chi connectivity index (χ0) is 16.0. The Balaban J connectivity index is 1.77. The van der Waals surface area contributed by atoms with Gasteiger partial charge in [0.2, 0.25) is 0 Å². The van der Waals surface area contributed by atoms with Crippen molar-refractivity contribution in [2.75, 3.05) is 0 Å². The maximum absolute atomic E-state index is 12.3. The summed E-state index contributed by atoms with van der Waals surface area (Å²) in [7, 11) is 0. The van der Waals surface area contributed by atoms with Crippen molar-refractivity contribution < 1.29 is 14.7 Å². The Bertz CT molecular complexity index is 620. The molecule has 2 fully saturated rings. The lowest BCUT2D eigenvalue weighted by Crippen LogP contribution is -2.67. The van der Waals surface area contributed by atoms with E-state index in [-0.39, 0.29) is 36.3 Å². The van der Waals surface area contributed by atoms with Gasteiger partial charge in [-0.3, -0.25) is 10.1 Å². The molecule has 0 amide bonds. The number of hydrogen-bond donors (Lipinski definition) is 3. The number of carboxylic acids is 1. The van der Waals surface area contributed by atoms with E-state index in [0.29, 0.717) is 0 Å². The summed E-state index contributed by atoms with van der Waals surface area (Å²) in [5, 5.41) is 17.0. The number of aldehydes is 1. The normalized spacial score (nSPS) is 36.6. The van der Waals surface area contributed by atoms with Crippen molar-refractivity contribution in [2.45, 2.75) is 43.3 Å². The highest BCUT2D eigenvalue weighted by Crippen LogP contribution is 2.49. The third-order valence-electron chi connectivity index (χ3n) is 5.73. The Hall–Kier alpha value is -1.88. The van der Waals surface area contributed by atoms with Crippen LogP contribution in [-0.4, -0.2) is 35.0 Å². The predicted molar refractivity (Wildman–Crippen MR) is 85.6 cm³/mol. The first-order chi connectivity index (χ1) is 11.2. The average molecular weight is 314 g/mol. The first kappa shape index (κ1) is 14.7. The summed E-state index contributed by atoms with van der Waals surface area (Å²) < 4.78 is 0. The molecule has 1 saturated heterocycles. The molecule has 3 aliphatic carbocycles. The number of carbonyl (C=O) groups excluding carboxylic acids is 1. The molecule has 1 saturated carbocycles. The lowest BCUT2D eigenvalue weighted by molar-refractivity contribution is -0.152. The number of hydrogen-bond acceptors (Lipinski definition) is 4. The molecule has 0 aromatic rings. The van der Waals surface area contributed by atoms with Crippen molar-refractivity contribution >= 4 is 12.3 Å². The lowest BCUT2D eigenvalue weighted by Gasteiger charge is -2.54. The van der Waals surface area contributed by atoms with Crippen LogP contribution in [0.15, 0.2) is 36.1 Å². The van der Waals surface area contributed by atoms with Crippen molar-refractivity contribution in [3.8, 4) is 0 Å². The van der Waals surface area contributed by atoms with Crippen LogP contribution in [-0.2, 0) is 9.59 Å². The van der Waals surface area contributed by atoms with E-state index in [0.717, 1.165) is 31.2 Å². The van der Waals surface area contributed by atoms with E-state index in [4.69, 9.17) is 0 Å². The molecule has 0 aromatic carbocycles. The maximum Gasteiger partial charge on any atom is 0.324 e. The van der Waals surface area contributed by atoms with Gasteiger partial charge in [0.15, 0.2) is 0 Å². The fraction of sp³-hybridized carbons (Fsp3) is 0.556. The number of aliphatic carboxylic acids is 1. The highest BCUT2D eigenvalue weighted by Gasteiger charge is 2.58. The van der Waals surface area contributed by atoms with Crippen LogP contribution in [0.3, 0.4) is 0 Å². The molecule has 5 unspecified atom stereocenters. The van der Waals surface area contributed by atoms with Gasteiger partial charge in [-0.05, 0) is 25.3 Å². The first-order valence-electron chi connectivity index (χ1n) is 8.42. The Morgan fingerprint density at radius 3 is 2.87 bits per heavy atom. The molecular weight excluding hydrogens is 292 g/mol. The van der Waals surface area contributed by atoms with Gasteiger partial charge in [0.05, 0.1) is 6.04 Å². The summed E-state index contributed by atoms with van der Waals surface area (Å²) in [5.41, 5.74) is -0.0644. The Morgan fingerprint density at radius 2 is 2.26 bits per heavy atom. The SMILES string of the molecule is O=CCC(NC1CC1)(C(=O)O)C1C2CC=CC=C2NC2C=CC21. The minimum absolute atomic E-state index is 0.0219. The molecule has 4 aliphatic rings. The molecule has 1 aliphatic heterocycles. The Labute approximate surface area is 135 Å². The molecule has 3 N–H and O–H groups in total. The van der Waals surface area contributed by atoms with Crippen molar-refractivity contribution in [3.63, 3.8) is 0 Å². The molecule has 4 rings (SSSR count). The summed E-state index contributed by atoms with van der Waals surface area (Å²) in [6.45, 7) is 0. The van der Waals surface area contributed by atoms with E-state index in [1.807, 2.05) is 12.2 Å². The second-order valence-corrected chi connectivity index (χ2v) is 7.12. The van der Waals surface area contributed by atoms with Crippen molar-refractivity contribution in [2.24, 2.45) is 17.8 Å². The first-order valence-corrected chi connectivity index (χ1v) is 8.42. The third kappa shape index (κ3) is 2.26. The molecule has 0 bridgehead atoms. The minimum atomic E-state index is -1.17. The van der Waals surface area contributed by atoms with Crippen LogP contribution in [0, 0.1) is 17.8 Å². The van der Waals surface area contributed by atoms with Gasteiger partial charge < -0.3 is 15.2 Å². The molecule has 0 radical (unpaired) electrons. The molecule has 122 valence electrons. The second-order valence-electron chi connectivity index (χ2n) is 7.12. The summed E-state index contributed by atoms with van der Waals surface area (Å²) >= 11 is 0. The van der Waals surface area contributed by atoms with Crippen LogP contribution >= 0.6 is 0 Å². The summed E-state index contributed by atoms with van der Waals surface area (Å²) in [6, 6.07) is 0.412. The molecule has 0 aromatic heterocycles. The standard InChI is InChI=1S/C18H22N2O3/c21-10-9-18(17(22)23,20-11-5-6-11)16-12-3-1-2-4-14(12)19-15-8-7-13(15)16/h1-2,4,7-8,10-13,15-16,19-20H,3,5-6,9H2,(H,22,23). The monoisotopic (exact) mass is 314 g/mol. The van der Waals surface area contributed by atoms with E-state index in [1.165, 1.54) is 0 Å². The van der Waals surface area contributed by atoms with Crippen molar-refractivity contribution in [3.05, 3.63) is 36.1 Å². The summed E-state index contributed by atoms with van der Waals surface area (Å²) in [4.78, 5) is 23.7. The molecular formula is C18H22N2O3. The van der Waals surface area contributed by atoms with E-state index >= 15 is 0 Å². The average Bonchev–Trinajstić information content (AvgIpc) is 3.32. The van der Waals surface area contributed by atoms with Crippen LogP contribution in [0.1, 0.15) is 25.7 Å². The van der Waals surface area contributed by atoms with Crippen LogP contribution in [0.5, 0.6) is 0 Å². The van der Waals surface area contributed by atoms with Crippen molar-refractivity contribution in [1.29, 1.82) is 0 Å². The zero-order valence-electron chi connectivity index (χ0n) is 12.9. The number of carbonyl (C=O) groups is 2. The van der Waals surface area contributed by atoms with Gasteiger partial charge >= 0.3 is 5.97 Å². The fourth-order valence-corrected chi connectivity index (χ4v) is 4.42. The van der Waals surface area contributed by atoms with Crippen LogP contribution in [0.4, 0.5) is 0 Å². The van der Waals surface area contributed by atoms with Gasteiger partial charge in [-0.1, -0.05) is 24.3 Å². The van der Waals surface area contributed by atoms with E-state index in [1.54, 1.807) is 0 Å². The van der Waals surface area contributed by atoms with Crippen LogP contribution < -0.4 is 10.6 Å². The lowest BCUT2D eigenvalue weighted by atomic mass is 9.58. The van der Waals surface area contributed by atoms with Gasteiger partial charge in [0, 0.05) is 35.9 Å². The fourth-order valence-electron chi connectivity index (χ4n) is 4.42. The summed E-state index contributed by atoms with van der Waals surface area (Å²) in [5.74, 6) is -0.728. The minimum Gasteiger partial charge on any atom is -0.480 e. The number of carboxylic acid groups (broad SMARTS) is 1. The Morgan fingerprint density at radius 1 is 1.43 bits per heavy atom. The smallest absolute Gasteiger partial charge is 0.324 e. The zero-order valence-corrected chi connectivity index (χ0v) is 12.9. The van der Waals surface area contributed by atoms with Gasteiger partial charge in [-0.25, -0.2) is 0 Å². The number of fused-ring (bicyclic) bond motifs is 2. The van der Waals surface area contributed by atoms with Crippen molar-refractivity contribution in [1.82, 2.24) is 10.6 Å². The number of piperidine rings is 1. The maximum atomic E-state index is 12.3. The Kier molecular flexibility index (Phi) is 3.41. The molecule has 5 nitrogen and oxygen atoms in total. The highest BCUT2D eigenvalue weighted by atomic mass is 16.4. The highest BCUT2D eigenvalue weighted by molar-refractivity contribution is 5.83. The van der Waals surface area contributed by atoms with Gasteiger partial charge in [0.1, 0.15) is 11.8 Å². The molecule has 0 spiro atoms. The quantitative estimate of drug-likeness (QED) is 0.510.